The van der Waals surface area contributed by atoms with Crippen molar-refractivity contribution in [3.05, 3.63) is 58.5 Å². The van der Waals surface area contributed by atoms with Crippen LogP contribution in [0.4, 0.5) is 10.5 Å². The normalized spacial score (nSPS) is 10.6. The molecule has 2 aromatic carbocycles. The molecule has 0 aliphatic carbocycles. The van der Waals surface area contributed by atoms with E-state index in [4.69, 9.17) is 9.84 Å². The highest BCUT2D eigenvalue weighted by atomic mass is 16.5. The molecule has 0 saturated carbocycles. The first kappa shape index (κ1) is 19.6. The smallest absolute Gasteiger partial charge is 0.377 e. The molecule has 11 nitrogen and oxygen atoms in total. The molecule has 29 heavy (non-hydrogen) atoms. The van der Waals surface area contributed by atoms with Crippen molar-refractivity contribution < 1.29 is 24.5 Å². The van der Waals surface area contributed by atoms with Crippen LogP contribution in [0.3, 0.4) is 0 Å². The number of nitrogens with zero attached hydrogens (tertiary/aromatic N) is 5. The van der Waals surface area contributed by atoms with Crippen LogP contribution in [0.25, 0.3) is 5.69 Å². The third kappa shape index (κ3) is 3.52. The van der Waals surface area contributed by atoms with Crippen molar-refractivity contribution in [3.8, 4) is 17.2 Å². The number of anilines is 1. The van der Waals surface area contributed by atoms with Crippen LogP contribution in [0.1, 0.15) is 17.3 Å². The molecule has 0 unspecified atom stereocenters. The fourth-order valence-corrected chi connectivity index (χ4v) is 2.73. The first-order valence-electron chi connectivity index (χ1n) is 8.45. The molecule has 11 heteroatoms. The van der Waals surface area contributed by atoms with Gasteiger partial charge >= 0.3 is 17.7 Å². The van der Waals surface area contributed by atoms with E-state index in [1.54, 1.807) is 31.2 Å². The van der Waals surface area contributed by atoms with Crippen LogP contribution in [0, 0.1) is 0 Å². The predicted octanol–water partition coefficient (Wildman–Crippen LogP) is 1.34. The number of hydrogen-bond donors (Lipinski definition) is 2. The summed E-state index contributed by atoms with van der Waals surface area (Å²) in [6.07, 6.45) is 0. The number of aromatic hydroxyl groups is 1. The Balaban J connectivity index is 2.02. The number of phenols is 1. The van der Waals surface area contributed by atoms with Crippen molar-refractivity contribution in [3.63, 3.8) is 0 Å². The SMILES string of the molecule is CCN(C(=O)n1nnn(-c2ccccc2OC)c1=O)c1ccc(O)c(C(=O)O)c1. The van der Waals surface area contributed by atoms with Crippen molar-refractivity contribution in [1.29, 1.82) is 0 Å². The zero-order chi connectivity index (χ0) is 21.1. The number of aromatic nitrogens is 4. The van der Waals surface area contributed by atoms with E-state index in [9.17, 15) is 19.5 Å². The molecule has 1 aromatic heterocycles. The van der Waals surface area contributed by atoms with Crippen LogP contribution in [-0.4, -0.2) is 55.7 Å². The Bertz CT molecular complexity index is 1140. The van der Waals surface area contributed by atoms with Gasteiger partial charge in [-0.25, -0.2) is 14.4 Å². The van der Waals surface area contributed by atoms with E-state index in [-0.39, 0.29) is 17.8 Å². The summed E-state index contributed by atoms with van der Waals surface area (Å²) in [5.41, 5.74) is -0.722. The molecule has 3 rings (SSSR count). The van der Waals surface area contributed by atoms with Crippen molar-refractivity contribution in [2.75, 3.05) is 18.6 Å². The minimum atomic E-state index is -1.35. The van der Waals surface area contributed by atoms with E-state index in [1.807, 2.05) is 0 Å². The van der Waals surface area contributed by atoms with Crippen LogP contribution in [0.2, 0.25) is 0 Å². The Hall–Kier alpha value is -4.15. The highest BCUT2D eigenvalue weighted by molar-refractivity contribution is 5.96. The summed E-state index contributed by atoms with van der Waals surface area (Å²) in [6, 6.07) is 9.42. The molecule has 0 aliphatic rings. The van der Waals surface area contributed by atoms with E-state index in [0.717, 1.165) is 21.7 Å². The van der Waals surface area contributed by atoms with Gasteiger partial charge < -0.3 is 14.9 Å². The van der Waals surface area contributed by atoms with Gasteiger partial charge in [0.25, 0.3) is 0 Å². The standard InChI is InChI=1S/C18H17N5O6/c1-3-21(11-8-9-14(24)12(10-11)16(25)26)17(27)23-18(28)22(19-20-23)13-6-4-5-7-15(13)29-2/h4-10,24H,3H2,1-2H3,(H,25,26). The molecule has 0 bridgehead atoms. The van der Waals surface area contributed by atoms with Crippen LogP contribution >= 0.6 is 0 Å². The van der Waals surface area contributed by atoms with Crippen molar-refractivity contribution >= 4 is 17.7 Å². The summed E-state index contributed by atoms with van der Waals surface area (Å²) in [5, 5.41) is 26.2. The second-order valence-corrected chi connectivity index (χ2v) is 5.79. The van der Waals surface area contributed by atoms with Gasteiger partial charge in [-0.2, -0.15) is 4.68 Å². The Morgan fingerprint density at radius 1 is 1.17 bits per heavy atom. The van der Waals surface area contributed by atoms with Gasteiger partial charge in [0.05, 0.1) is 7.11 Å². The highest BCUT2D eigenvalue weighted by Gasteiger charge is 2.24. The second-order valence-electron chi connectivity index (χ2n) is 5.79. The number of methoxy groups -OCH3 is 1. The fraction of sp³-hybridized carbons (Fsp3) is 0.167. The quantitative estimate of drug-likeness (QED) is 0.613. The zero-order valence-electron chi connectivity index (χ0n) is 15.5. The summed E-state index contributed by atoms with van der Waals surface area (Å²) in [4.78, 5) is 38.0. The summed E-state index contributed by atoms with van der Waals surface area (Å²) in [5.74, 6) is -1.43. The van der Waals surface area contributed by atoms with Gasteiger partial charge in [0.15, 0.2) is 0 Å². The van der Waals surface area contributed by atoms with Gasteiger partial charge in [-0.1, -0.05) is 12.1 Å². The van der Waals surface area contributed by atoms with E-state index in [2.05, 4.69) is 10.4 Å². The number of carboxylic acid groups (broad SMARTS) is 1. The average Bonchev–Trinajstić information content (AvgIpc) is 3.10. The number of carbonyl (C=O) groups is 2. The number of carbonyl (C=O) groups excluding carboxylic acids is 1. The number of carboxylic acids is 1. The van der Waals surface area contributed by atoms with Gasteiger partial charge in [-0.3, -0.25) is 4.90 Å². The van der Waals surface area contributed by atoms with E-state index >= 15 is 0 Å². The number of hydrogen-bond acceptors (Lipinski definition) is 7. The van der Waals surface area contributed by atoms with Crippen molar-refractivity contribution in [2.24, 2.45) is 0 Å². The molecule has 0 fully saturated rings. The first-order chi connectivity index (χ1) is 13.9. The van der Waals surface area contributed by atoms with E-state index < -0.39 is 23.4 Å². The molecular formula is C18H17N5O6. The number of amides is 1. The molecule has 0 saturated heterocycles. The third-order valence-corrected chi connectivity index (χ3v) is 4.15. The number of rotatable bonds is 5. The number of tetrazole rings is 1. The third-order valence-electron chi connectivity index (χ3n) is 4.15. The number of para-hydroxylation sites is 2. The second kappa shape index (κ2) is 7.84. The topological polar surface area (TPSA) is 140 Å². The number of aromatic carboxylic acids is 1. The molecule has 3 aromatic rings. The van der Waals surface area contributed by atoms with Crippen molar-refractivity contribution in [1.82, 2.24) is 19.8 Å². The molecule has 0 aliphatic heterocycles. The molecule has 1 amide bonds. The predicted molar refractivity (Wildman–Crippen MR) is 101 cm³/mol. The van der Waals surface area contributed by atoms with Gasteiger partial charge in [0.2, 0.25) is 0 Å². The monoisotopic (exact) mass is 399 g/mol. The lowest BCUT2D eigenvalue weighted by Crippen LogP contribution is -2.41. The van der Waals surface area contributed by atoms with Gasteiger partial charge in [0.1, 0.15) is 22.7 Å². The minimum absolute atomic E-state index is 0.108. The fourth-order valence-electron chi connectivity index (χ4n) is 2.73. The van der Waals surface area contributed by atoms with Crippen LogP contribution in [-0.2, 0) is 0 Å². The van der Waals surface area contributed by atoms with Crippen molar-refractivity contribution in [2.45, 2.75) is 6.92 Å². The van der Waals surface area contributed by atoms with Crippen LogP contribution in [0.5, 0.6) is 11.5 Å². The molecule has 0 atom stereocenters. The average molecular weight is 399 g/mol. The Morgan fingerprint density at radius 2 is 1.90 bits per heavy atom. The maximum Gasteiger partial charge on any atom is 0.377 e. The largest absolute Gasteiger partial charge is 0.507 e. The number of benzene rings is 2. The molecule has 1 heterocycles. The minimum Gasteiger partial charge on any atom is -0.507 e. The summed E-state index contributed by atoms with van der Waals surface area (Å²) in [7, 11) is 1.43. The van der Waals surface area contributed by atoms with Crippen LogP contribution in [0.15, 0.2) is 47.3 Å². The van der Waals surface area contributed by atoms with Crippen LogP contribution < -0.4 is 15.3 Å². The summed E-state index contributed by atoms with van der Waals surface area (Å²) < 4.78 is 6.68. The first-order valence-corrected chi connectivity index (χ1v) is 8.45. The lowest BCUT2D eigenvalue weighted by Gasteiger charge is -2.20. The summed E-state index contributed by atoms with van der Waals surface area (Å²) >= 11 is 0. The molecular weight excluding hydrogens is 382 g/mol. The van der Waals surface area contributed by atoms with Gasteiger partial charge in [0, 0.05) is 12.2 Å². The highest BCUT2D eigenvalue weighted by Crippen LogP contribution is 2.25. The lowest BCUT2D eigenvalue weighted by molar-refractivity contribution is 0.0693. The number of ether oxygens (including phenoxy) is 1. The van der Waals surface area contributed by atoms with E-state index in [0.29, 0.717) is 16.1 Å². The Labute approximate surface area is 164 Å². The van der Waals surface area contributed by atoms with Gasteiger partial charge in [-0.05, 0) is 47.7 Å². The molecule has 0 spiro atoms. The van der Waals surface area contributed by atoms with E-state index in [1.165, 1.54) is 13.2 Å². The Kier molecular flexibility index (Phi) is 5.30. The van der Waals surface area contributed by atoms with Gasteiger partial charge in [-0.15, -0.1) is 4.68 Å². The molecule has 150 valence electrons. The zero-order valence-corrected chi connectivity index (χ0v) is 15.5. The Morgan fingerprint density at radius 3 is 2.55 bits per heavy atom. The lowest BCUT2D eigenvalue weighted by atomic mass is 10.1. The summed E-state index contributed by atoms with van der Waals surface area (Å²) in [6.45, 7) is 1.75. The maximum absolute atomic E-state index is 12.9. The molecule has 0 radical (unpaired) electrons. The maximum atomic E-state index is 12.9. The molecule has 2 N–H and O–H groups in total.